The lowest BCUT2D eigenvalue weighted by Gasteiger charge is -2.16. The second kappa shape index (κ2) is 9.58. The minimum Gasteiger partial charge on any atom is -0.481 e. The highest BCUT2D eigenvalue weighted by Crippen LogP contribution is 2.33. The van der Waals surface area contributed by atoms with E-state index in [4.69, 9.17) is 20.6 Å². The van der Waals surface area contributed by atoms with Gasteiger partial charge in [0.1, 0.15) is 5.69 Å². The van der Waals surface area contributed by atoms with E-state index >= 15 is 0 Å². The molecule has 0 radical (unpaired) electrons. The molecule has 4 N–H and O–H groups in total. The fourth-order valence-corrected chi connectivity index (χ4v) is 4.75. The Kier molecular flexibility index (Phi) is 6.60. The van der Waals surface area contributed by atoms with Crippen molar-refractivity contribution in [3.63, 3.8) is 0 Å². The number of benzene rings is 2. The van der Waals surface area contributed by atoms with Crippen LogP contribution in [0, 0.1) is 6.92 Å². The van der Waals surface area contributed by atoms with Crippen LogP contribution in [-0.2, 0) is 24.2 Å². The number of aromatic amines is 1. The van der Waals surface area contributed by atoms with Gasteiger partial charge in [0.05, 0.1) is 11.0 Å². The molecule has 0 spiro atoms. The van der Waals surface area contributed by atoms with Crippen LogP contribution in [0.15, 0.2) is 41.2 Å². The number of carbonyl (C=O) groups is 1. The molecule has 2 aromatic carbocycles. The third kappa shape index (κ3) is 4.54. The molecule has 5 rings (SSSR count). The van der Waals surface area contributed by atoms with Gasteiger partial charge in [-0.3, -0.25) is 9.59 Å². The number of aryl methyl sites for hydroxylation is 3. The highest BCUT2D eigenvalue weighted by Gasteiger charge is 2.20. The van der Waals surface area contributed by atoms with Crippen molar-refractivity contribution in [3.8, 4) is 11.3 Å². The average Bonchev–Trinajstić information content (AvgIpc) is 3.06. The number of para-hydroxylation sites is 1. The minimum atomic E-state index is -0.833. The number of carboxylic acid groups (broad SMARTS) is 1. The molecule has 0 saturated carbocycles. The summed E-state index contributed by atoms with van der Waals surface area (Å²) in [6.07, 6.45) is 5.52. The van der Waals surface area contributed by atoms with Gasteiger partial charge in [-0.05, 0) is 74.9 Å². The van der Waals surface area contributed by atoms with E-state index in [2.05, 4.69) is 40.7 Å². The first-order valence-corrected chi connectivity index (χ1v) is 11.4. The van der Waals surface area contributed by atoms with Crippen molar-refractivity contribution in [1.29, 1.82) is 0 Å². The summed E-state index contributed by atoms with van der Waals surface area (Å²) in [6, 6.07) is 12.5. The molecular formula is C26H30N4O3. The molecule has 0 fully saturated rings. The fourth-order valence-electron chi connectivity index (χ4n) is 4.75. The molecule has 0 aliphatic heterocycles. The Morgan fingerprint density at radius 1 is 1.18 bits per heavy atom. The Bertz CT molecular complexity index is 1380. The van der Waals surface area contributed by atoms with Gasteiger partial charge in [0, 0.05) is 35.6 Å². The average molecular weight is 447 g/mol. The number of nitrogens with two attached hydrogens (primary N) is 1. The Morgan fingerprint density at radius 3 is 2.55 bits per heavy atom. The molecule has 0 bridgehead atoms. The Balaban J connectivity index is 0.000000601. The van der Waals surface area contributed by atoms with Crippen molar-refractivity contribution in [2.75, 3.05) is 6.54 Å². The molecule has 172 valence electrons. The van der Waals surface area contributed by atoms with Crippen LogP contribution in [-0.4, -0.2) is 32.2 Å². The summed E-state index contributed by atoms with van der Waals surface area (Å²) in [7, 11) is 0. The number of aliphatic carboxylic acids is 1. The van der Waals surface area contributed by atoms with Gasteiger partial charge in [-0.25, -0.2) is 4.98 Å². The van der Waals surface area contributed by atoms with Crippen LogP contribution in [0.5, 0.6) is 0 Å². The number of rotatable bonds is 4. The van der Waals surface area contributed by atoms with Gasteiger partial charge >= 0.3 is 0 Å². The molecule has 1 aliphatic carbocycles. The molecular weight excluding hydrogens is 416 g/mol. The monoisotopic (exact) mass is 446 g/mol. The number of fused-ring (bicyclic) bond motifs is 3. The van der Waals surface area contributed by atoms with Crippen LogP contribution < -0.4 is 11.3 Å². The van der Waals surface area contributed by atoms with E-state index in [9.17, 15) is 4.79 Å². The minimum absolute atomic E-state index is 0.127. The van der Waals surface area contributed by atoms with Gasteiger partial charge < -0.3 is 20.4 Å². The summed E-state index contributed by atoms with van der Waals surface area (Å²) in [5.41, 5.74) is 13.7. The van der Waals surface area contributed by atoms with Gasteiger partial charge in [0.25, 0.3) is 11.5 Å². The first-order valence-electron chi connectivity index (χ1n) is 11.4. The van der Waals surface area contributed by atoms with Crippen molar-refractivity contribution in [1.82, 2.24) is 14.5 Å². The van der Waals surface area contributed by atoms with E-state index in [1.54, 1.807) is 0 Å². The van der Waals surface area contributed by atoms with E-state index in [1.165, 1.54) is 24.0 Å². The first kappa shape index (κ1) is 22.7. The van der Waals surface area contributed by atoms with Crippen molar-refractivity contribution >= 4 is 27.9 Å². The SMILES string of the molecule is CC(=O)O.Cc1c(-c2nc3cc4c(cc3[nH]c2=O)CCCC4)c2ccccc2n1CCCN. The number of H-pyrrole nitrogens is 1. The summed E-state index contributed by atoms with van der Waals surface area (Å²) in [5, 5.41) is 8.48. The predicted octanol–water partition coefficient (Wildman–Crippen LogP) is 4.17. The molecule has 2 heterocycles. The third-order valence-electron chi connectivity index (χ3n) is 6.21. The maximum absolute atomic E-state index is 13.1. The van der Waals surface area contributed by atoms with Crippen LogP contribution in [0.25, 0.3) is 33.2 Å². The predicted molar refractivity (Wildman–Crippen MR) is 132 cm³/mol. The first-order chi connectivity index (χ1) is 15.9. The number of carboxylic acids is 1. The highest BCUT2D eigenvalue weighted by molar-refractivity contribution is 5.97. The number of hydrogen-bond acceptors (Lipinski definition) is 4. The van der Waals surface area contributed by atoms with Gasteiger partial charge in [0.2, 0.25) is 0 Å². The lowest BCUT2D eigenvalue weighted by atomic mass is 9.91. The van der Waals surface area contributed by atoms with Gasteiger partial charge in [0.15, 0.2) is 0 Å². The van der Waals surface area contributed by atoms with Crippen LogP contribution in [0.2, 0.25) is 0 Å². The number of aromatic nitrogens is 3. The summed E-state index contributed by atoms with van der Waals surface area (Å²) < 4.78 is 2.26. The maximum Gasteiger partial charge on any atom is 0.300 e. The number of nitrogens with zero attached hydrogens (tertiary/aromatic N) is 2. The Morgan fingerprint density at radius 2 is 1.85 bits per heavy atom. The van der Waals surface area contributed by atoms with E-state index in [1.807, 2.05) is 12.1 Å². The number of nitrogens with one attached hydrogen (secondary N) is 1. The summed E-state index contributed by atoms with van der Waals surface area (Å²) >= 11 is 0. The molecule has 7 nitrogen and oxygen atoms in total. The second-order valence-corrected chi connectivity index (χ2v) is 8.55. The fraction of sp³-hybridized carbons (Fsp3) is 0.346. The molecule has 2 aromatic heterocycles. The maximum atomic E-state index is 13.1. The zero-order valence-electron chi connectivity index (χ0n) is 19.1. The summed E-state index contributed by atoms with van der Waals surface area (Å²) in [6.45, 7) is 4.63. The summed E-state index contributed by atoms with van der Waals surface area (Å²) in [4.78, 5) is 30.1. The van der Waals surface area contributed by atoms with Crippen LogP contribution in [0.1, 0.15) is 43.0 Å². The molecule has 7 heteroatoms. The Hall–Kier alpha value is -3.45. The second-order valence-electron chi connectivity index (χ2n) is 8.55. The zero-order chi connectivity index (χ0) is 23.5. The lowest BCUT2D eigenvalue weighted by Crippen LogP contribution is -2.13. The van der Waals surface area contributed by atoms with Crippen molar-refractivity contribution in [3.05, 3.63) is 63.6 Å². The van der Waals surface area contributed by atoms with Crippen molar-refractivity contribution in [2.45, 2.75) is 52.5 Å². The molecule has 33 heavy (non-hydrogen) atoms. The standard InChI is InChI=1S/C24H26N4O.C2H4O2/c1-15-22(18-9-4-5-10-21(18)28(15)12-6-11-25)23-24(29)27-20-14-17-8-3-2-7-16(17)13-19(20)26-23;1-2(3)4/h4-5,9-10,13-14H,2-3,6-8,11-12,25H2,1H3,(H,27,29);1H3,(H,3,4). The molecule has 4 aromatic rings. The molecule has 1 aliphatic rings. The van der Waals surface area contributed by atoms with Crippen LogP contribution >= 0.6 is 0 Å². The topological polar surface area (TPSA) is 114 Å². The quantitative estimate of drug-likeness (QED) is 0.435. The third-order valence-corrected chi connectivity index (χ3v) is 6.21. The zero-order valence-corrected chi connectivity index (χ0v) is 19.1. The van der Waals surface area contributed by atoms with E-state index in [-0.39, 0.29) is 5.56 Å². The van der Waals surface area contributed by atoms with Gasteiger partial charge in [-0.1, -0.05) is 18.2 Å². The van der Waals surface area contributed by atoms with Gasteiger partial charge in [-0.15, -0.1) is 0 Å². The summed E-state index contributed by atoms with van der Waals surface area (Å²) in [5.74, 6) is -0.833. The van der Waals surface area contributed by atoms with Crippen LogP contribution in [0.4, 0.5) is 0 Å². The normalized spacial score (nSPS) is 12.9. The van der Waals surface area contributed by atoms with Crippen molar-refractivity contribution in [2.24, 2.45) is 5.73 Å². The van der Waals surface area contributed by atoms with Crippen molar-refractivity contribution < 1.29 is 9.90 Å². The van der Waals surface area contributed by atoms with E-state index < -0.39 is 5.97 Å². The molecule has 0 atom stereocenters. The molecule has 0 unspecified atom stereocenters. The van der Waals surface area contributed by atoms with E-state index in [0.29, 0.717) is 12.2 Å². The Labute approximate surface area is 192 Å². The molecule has 0 saturated heterocycles. The highest BCUT2D eigenvalue weighted by atomic mass is 16.4. The van der Waals surface area contributed by atoms with Gasteiger partial charge in [-0.2, -0.15) is 0 Å². The van der Waals surface area contributed by atoms with Crippen LogP contribution in [0.3, 0.4) is 0 Å². The largest absolute Gasteiger partial charge is 0.481 e. The van der Waals surface area contributed by atoms with E-state index in [0.717, 1.165) is 65.9 Å². The number of hydrogen-bond donors (Lipinski definition) is 3. The molecule has 0 amide bonds. The smallest absolute Gasteiger partial charge is 0.300 e. The lowest BCUT2D eigenvalue weighted by molar-refractivity contribution is -0.134.